The van der Waals surface area contributed by atoms with Crippen molar-refractivity contribution in [2.75, 3.05) is 18.5 Å². The van der Waals surface area contributed by atoms with Gasteiger partial charge in [-0.15, -0.1) is 0 Å². The maximum Gasteiger partial charge on any atom is 0.308 e. The van der Waals surface area contributed by atoms with E-state index in [1.54, 1.807) is 6.92 Å². The van der Waals surface area contributed by atoms with Gasteiger partial charge in [0.2, 0.25) is 0 Å². The Kier molecular flexibility index (Phi) is 3.46. The smallest absolute Gasteiger partial charge is 0.308 e. The largest absolute Gasteiger partial charge is 0.481 e. The van der Waals surface area contributed by atoms with Gasteiger partial charge in [-0.05, 0) is 25.1 Å². The third-order valence-corrected chi connectivity index (χ3v) is 3.50. The summed E-state index contributed by atoms with van der Waals surface area (Å²) in [4.78, 5) is 17.3. The predicted molar refractivity (Wildman–Crippen MR) is 75.5 cm³/mol. The molecule has 1 aromatic heterocycles. The van der Waals surface area contributed by atoms with Gasteiger partial charge in [0.25, 0.3) is 0 Å². The Morgan fingerprint density at radius 1 is 1.53 bits per heavy atom. The van der Waals surface area contributed by atoms with Crippen molar-refractivity contribution in [3.05, 3.63) is 24.0 Å². The molecule has 5 heteroatoms. The molecule has 102 valence electrons. The first-order valence-electron chi connectivity index (χ1n) is 6.27. The number of anilines is 1. The minimum atomic E-state index is -0.776. The van der Waals surface area contributed by atoms with Gasteiger partial charge in [-0.25, -0.2) is 4.98 Å². The number of carboxylic acid groups (broad SMARTS) is 1. The maximum atomic E-state index is 10.9. The second-order valence-corrected chi connectivity index (χ2v) is 5.01. The number of aryl methyl sites for hydroxylation is 2. The van der Waals surface area contributed by atoms with Crippen molar-refractivity contribution in [3.8, 4) is 0 Å². The zero-order valence-corrected chi connectivity index (χ0v) is 11.7. The molecule has 0 saturated heterocycles. The number of aliphatic carboxylic acids is 1. The molecule has 5 nitrogen and oxygen atoms in total. The Bertz CT molecular complexity index is 618. The molecule has 0 saturated carbocycles. The summed E-state index contributed by atoms with van der Waals surface area (Å²) in [5, 5.41) is 8.95. The van der Waals surface area contributed by atoms with Gasteiger partial charge in [-0.3, -0.25) is 4.79 Å². The molecular formula is C14H19N3O2. The van der Waals surface area contributed by atoms with Gasteiger partial charge in [-0.1, -0.05) is 6.92 Å². The van der Waals surface area contributed by atoms with Crippen LogP contribution in [0.1, 0.15) is 12.7 Å². The van der Waals surface area contributed by atoms with Gasteiger partial charge in [-0.2, -0.15) is 0 Å². The van der Waals surface area contributed by atoms with Crippen molar-refractivity contribution < 1.29 is 9.90 Å². The lowest BCUT2D eigenvalue weighted by Gasteiger charge is -2.21. The standard InChI is InChI=1S/C14H19N3O2/c1-9(14(18)19)8-16(3)11-5-6-13-12(7-11)15-10(2)17(13)4/h5-7,9H,8H2,1-4H3,(H,18,19). The maximum absolute atomic E-state index is 10.9. The molecule has 0 aliphatic carbocycles. The van der Waals surface area contributed by atoms with Crippen molar-refractivity contribution in [3.63, 3.8) is 0 Å². The highest BCUT2D eigenvalue weighted by molar-refractivity contribution is 5.80. The number of carbonyl (C=O) groups is 1. The van der Waals surface area contributed by atoms with Gasteiger partial charge in [0.1, 0.15) is 5.82 Å². The van der Waals surface area contributed by atoms with Crippen LogP contribution in [0.5, 0.6) is 0 Å². The number of aromatic nitrogens is 2. The summed E-state index contributed by atoms with van der Waals surface area (Å²) in [6.45, 7) is 4.16. The van der Waals surface area contributed by atoms with E-state index >= 15 is 0 Å². The number of rotatable bonds is 4. The number of benzene rings is 1. The number of nitrogens with zero attached hydrogens (tertiary/aromatic N) is 3. The lowest BCUT2D eigenvalue weighted by molar-refractivity contribution is -0.140. The summed E-state index contributed by atoms with van der Waals surface area (Å²) in [7, 11) is 3.89. The summed E-state index contributed by atoms with van der Waals surface area (Å²) in [6.07, 6.45) is 0. The zero-order valence-electron chi connectivity index (χ0n) is 11.7. The van der Waals surface area contributed by atoms with Crippen LogP contribution in [0.2, 0.25) is 0 Å². The highest BCUT2D eigenvalue weighted by Crippen LogP contribution is 2.22. The van der Waals surface area contributed by atoms with Crippen LogP contribution < -0.4 is 4.90 Å². The summed E-state index contributed by atoms with van der Waals surface area (Å²) in [5.74, 6) is -0.207. The van der Waals surface area contributed by atoms with Crippen LogP contribution >= 0.6 is 0 Å². The fraction of sp³-hybridized carbons (Fsp3) is 0.429. The average molecular weight is 261 g/mol. The zero-order chi connectivity index (χ0) is 14.2. The van der Waals surface area contributed by atoms with Gasteiger partial charge >= 0.3 is 5.97 Å². The van der Waals surface area contributed by atoms with Crippen LogP contribution in [-0.4, -0.2) is 34.2 Å². The van der Waals surface area contributed by atoms with E-state index in [9.17, 15) is 4.79 Å². The third kappa shape index (κ3) is 2.54. The Labute approximate surface area is 112 Å². The topological polar surface area (TPSA) is 58.4 Å². The summed E-state index contributed by atoms with van der Waals surface area (Å²) < 4.78 is 2.04. The molecule has 0 amide bonds. The minimum absolute atomic E-state index is 0.397. The van der Waals surface area contributed by atoms with E-state index in [4.69, 9.17) is 5.11 Å². The van der Waals surface area contributed by atoms with E-state index < -0.39 is 11.9 Å². The number of hydrogen-bond donors (Lipinski definition) is 1. The highest BCUT2D eigenvalue weighted by Gasteiger charge is 2.14. The van der Waals surface area contributed by atoms with Crippen LogP contribution in [0.4, 0.5) is 5.69 Å². The molecule has 1 unspecified atom stereocenters. The van der Waals surface area contributed by atoms with E-state index in [0.717, 1.165) is 22.5 Å². The molecule has 2 aromatic rings. The first-order valence-corrected chi connectivity index (χ1v) is 6.27. The number of hydrogen-bond acceptors (Lipinski definition) is 3. The van der Waals surface area contributed by atoms with Crippen molar-refractivity contribution in [1.82, 2.24) is 9.55 Å². The SMILES string of the molecule is Cc1nc2cc(N(C)CC(C)C(=O)O)ccc2n1C. The Morgan fingerprint density at radius 2 is 2.21 bits per heavy atom. The van der Waals surface area contributed by atoms with E-state index in [1.807, 2.05) is 48.7 Å². The van der Waals surface area contributed by atoms with Crippen LogP contribution in [0.3, 0.4) is 0 Å². The monoisotopic (exact) mass is 261 g/mol. The third-order valence-electron chi connectivity index (χ3n) is 3.50. The fourth-order valence-corrected chi connectivity index (χ4v) is 2.14. The van der Waals surface area contributed by atoms with E-state index in [-0.39, 0.29) is 0 Å². The van der Waals surface area contributed by atoms with Crippen LogP contribution in [-0.2, 0) is 11.8 Å². The summed E-state index contributed by atoms with van der Waals surface area (Å²) in [6, 6.07) is 6.02. The highest BCUT2D eigenvalue weighted by atomic mass is 16.4. The minimum Gasteiger partial charge on any atom is -0.481 e. The Hall–Kier alpha value is -2.04. The molecule has 1 atom stereocenters. The summed E-state index contributed by atoms with van der Waals surface area (Å²) in [5.41, 5.74) is 3.01. The molecule has 0 bridgehead atoms. The van der Waals surface area contributed by atoms with Crippen molar-refractivity contribution in [1.29, 1.82) is 0 Å². The molecule has 0 fully saturated rings. The molecule has 1 heterocycles. The molecule has 0 aliphatic rings. The first-order chi connectivity index (χ1) is 8.90. The van der Waals surface area contributed by atoms with E-state index in [1.165, 1.54) is 0 Å². The Balaban J connectivity index is 2.28. The van der Waals surface area contributed by atoms with E-state index in [2.05, 4.69) is 4.98 Å². The van der Waals surface area contributed by atoms with Crippen LogP contribution in [0.15, 0.2) is 18.2 Å². The lowest BCUT2D eigenvalue weighted by Crippen LogP contribution is -2.28. The molecule has 1 aromatic carbocycles. The predicted octanol–water partition coefficient (Wildman–Crippen LogP) is 2.04. The number of imidazole rings is 1. The van der Waals surface area contributed by atoms with Crippen molar-refractivity contribution >= 4 is 22.7 Å². The van der Waals surface area contributed by atoms with E-state index in [0.29, 0.717) is 6.54 Å². The quantitative estimate of drug-likeness (QED) is 0.915. The van der Waals surface area contributed by atoms with Gasteiger partial charge < -0.3 is 14.6 Å². The Morgan fingerprint density at radius 3 is 2.84 bits per heavy atom. The first kappa shape index (κ1) is 13.4. The molecule has 19 heavy (non-hydrogen) atoms. The van der Waals surface area contributed by atoms with Crippen molar-refractivity contribution in [2.24, 2.45) is 13.0 Å². The number of fused-ring (bicyclic) bond motifs is 1. The second-order valence-electron chi connectivity index (χ2n) is 5.01. The normalized spacial score (nSPS) is 12.6. The molecule has 2 rings (SSSR count). The van der Waals surface area contributed by atoms with Crippen LogP contribution in [0.25, 0.3) is 11.0 Å². The fourth-order valence-electron chi connectivity index (χ4n) is 2.14. The van der Waals surface area contributed by atoms with Crippen molar-refractivity contribution in [2.45, 2.75) is 13.8 Å². The molecule has 0 radical (unpaired) electrons. The van der Waals surface area contributed by atoms with Gasteiger partial charge in [0, 0.05) is 26.3 Å². The average Bonchev–Trinajstić information content (AvgIpc) is 2.64. The summed E-state index contributed by atoms with van der Waals surface area (Å²) >= 11 is 0. The van der Waals surface area contributed by atoms with Gasteiger partial charge in [0.05, 0.1) is 17.0 Å². The molecule has 1 N–H and O–H groups in total. The molecular weight excluding hydrogens is 242 g/mol. The lowest BCUT2D eigenvalue weighted by atomic mass is 10.1. The molecule has 0 spiro atoms. The van der Waals surface area contributed by atoms with Crippen LogP contribution in [0, 0.1) is 12.8 Å². The second kappa shape index (κ2) is 4.91. The van der Waals surface area contributed by atoms with Gasteiger partial charge in [0.15, 0.2) is 0 Å². The molecule has 0 aliphatic heterocycles. The number of carboxylic acids is 1.